The summed E-state index contributed by atoms with van der Waals surface area (Å²) >= 11 is 0. The molecule has 0 aliphatic carbocycles. The number of rotatable bonds is 3. The molecule has 2 heterocycles. The summed E-state index contributed by atoms with van der Waals surface area (Å²) in [6.07, 6.45) is 3.60. The molecule has 1 aliphatic heterocycles. The van der Waals surface area contributed by atoms with E-state index >= 15 is 0 Å². The molecule has 0 radical (unpaired) electrons. The summed E-state index contributed by atoms with van der Waals surface area (Å²) < 4.78 is 13.3. The lowest BCUT2D eigenvalue weighted by atomic mass is 9.98. The van der Waals surface area contributed by atoms with Crippen molar-refractivity contribution in [2.24, 2.45) is 5.92 Å². The minimum Gasteiger partial charge on any atom is -0.341 e. The molecule has 1 fully saturated rings. The lowest BCUT2D eigenvalue weighted by molar-refractivity contribution is 0.122. The van der Waals surface area contributed by atoms with Gasteiger partial charge >= 0.3 is 0 Å². The number of piperidine rings is 1. The van der Waals surface area contributed by atoms with E-state index in [0.29, 0.717) is 6.04 Å². The molecule has 2 atom stereocenters. The average molecular weight is 275 g/mol. The summed E-state index contributed by atoms with van der Waals surface area (Å²) in [5.41, 5.74) is 1.65. The molecule has 1 aromatic heterocycles. The van der Waals surface area contributed by atoms with Gasteiger partial charge in [-0.1, -0.05) is 13.8 Å². The highest BCUT2D eigenvalue weighted by Gasteiger charge is 2.26. The van der Waals surface area contributed by atoms with Crippen molar-refractivity contribution in [1.82, 2.24) is 14.9 Å². The standard InChI is InChI=1S/C16H22FN3/c1-3-15(20-8-4-5-11(2)10-20)16-18-13-7-6-12(17)9-14(13)19-16/h6-7,9,11,15H,3-5,8,10H2,1-2H3,(H,18,19). The number of nitrogens with zero attached hydrogens (tertiary/aromatic N) is 2. The van der Waals surface area contributed by atoms with Crippen LogP contribution in [0.1, 0.15) is 45.0 Å². The molecule has 3 nitrogen and oxygen atoms in total. The van der Waals surface area contributed by atoms with Gasteiger partial charge in [0.25, 0.3) is 0 Å². The number of benzene rings is 1. The Morgan fingerprint density at radius 3 is 3.10 bits per heavy atom. The Balaban J connectivity index is 1.90. The quantitative estimate of drug-likeness (QED) is 0.921. The molecular formula is C16H22FN3. The number of aromatic amines is 1. The van der Waals surface area contributed by atoms with Crippen LogP contribution in [0.5, 0.6) is 0 Å². The third-order valence-corrected chi connectivity index (χ3v) is 4.29. The van der Waals surface area contributed by atoms with E-state index in [0.717, 1.165) is 42.3 Å². The van der Waals surface area contributed by atoms with Gasteiger partial charge in [0.2, 0.25) is 0 Å². The Labute approximate surface area is 119 Å². The van der Waals surface area contributed by atoms with Crippen LogP contribution in [0.2, 0.25) is 0 Å². The summed E-state index contributed by atoms with van der Waals surface area (Å²) in [6, 6.07) is 5.05. The SMILES string of the molecule is CCC(c1nc2ccc(F)cc2[nH]1)N1CCCC(C)C1. The maximum Gasteiger partial charge on any atom is 0.125 e. The molecule has 3 rings (SSSR count). The Hall–Kier alpha value is -1.42. The van der Waals surface area contributed by atoms with Crippen LogP contribution < -0.4 is 0 Å². The van der Waals surface area contributed by atoms with Gasteiger partial charge in [-0.3, -0.25) is 4.90 Å². The normalized spacial score (nSPS) is 22.2. The van der Waals surface area contributed by atoms with Crippen molar-refractivity contribution >= 4 is 11.0 Å². The van der Waals surface area contributed by atoms with Crippen LogP contribution in [0.4, 0.5) is 4.39 Å². The monoisotopic (exact) mass is 275 g/mol. The number of halogens is 1. The number of fused-ring (bicyclic) bond motifs is 1. The van der Waals surface area contributed by atoms with E-state index in [1.807, 2.05) is 0 Å². The number of likely N-dealkylation sites (tertiary alicyclic amines) is 1. The van der Waals surface area contributed by atoms with E-state index in [2.05, 4.69) is 28.7 Å². The maximum atomic E-state index is 13.3. The first-order valence-corrected chi connectivity index (χ1v) is 7.56. The zero-order valence-corrected chi connectivity index (χ0v) is 12.2. The summed E-state index contributed by atoms with van der Waals surface area (Å²) in [5.74, 6) is 1.51. The highest BCUT2D eigenvalue weighted by Crippen LogP contribution is 2.29. The molecule has 1 saturated heterocycles. The van der Waals surface area contributed by atoms with Gasteiger partial charge in [0, 0.05) is 6.54 Å². The second kappa shape index (κ2) is 5.52. The molecule has 20 heavy (non-hydrogen) atoms. The molecule has 4 heteroatoms. The number of H-pyrrole nitrogens is 1. The number of hydrogen-bond donors (Lipinski definition) is 1. The Morgan fingerprint density at radius 2 is 2.35 bits per heavy atom. The second-order valence-corrected chi connectivity index (χ2v) is 5.95. The van der Waals surface area contributed by atoms with Crippen LogP contribution in [0.15, 0.2) is 18.2 Å². The molecule has 0 amide bonds. The largest absolute Gasteiger partial charge is 0.341 e. The minimum atomic E-state index is -0.215. The third-order valence-electron chi connectivity index (χ3n) is 4.29. The first-order valence-electron chi connectivity index (χ1n) is 7.56. The van der Waals surface area contributed by atoms with Gasteiger partial charge in [0.15, 0.2) is 0 Å². The fourth-order valence-corrected chi connectivity index (χ4v) is 3.29. The first kappa shape index (κ1) is 13.6. The van der Waals surface area contributed by atoms with Crippen LogP contribution in [0.3, 0.4) is 0 Å². The number of nitrogens with one attached hydrogen (secondary N) is 1. The number of hydrogen-bond acceptors (Lipinski definition) is 2. The molecule has 0 bridgehead atoms. The van der Waals surface area contributed by atoms with Gasteiger partial charge in [0.05, 0.1) is 17.1 Å². The highest BCUT2D eigenvalue weighted by atomic mass is 19.1. The lowest BCUT2D eigenvalue weighted by Crippen LogP contribution is -2.37. The van der Waals surface area contributed by atoms with Gasteiger partial charge in [0.1, 0.15) is 11.6 Å². The summed E-state index contributed by atoms with van der Waals surface area (Å²) in [5, 5.41) is 0. The highest BCUT2D eigenvalue weighted by molar-refractivity contribution is 5.75. The Kier molecular flexibility index (Phi) is 3.74. The van der Waals surface area contributed by atoms with E-state index in [1.54, 1.807) is 6.07 Å². The predicted octanol–water partition coefficient (Wildman–Crippen LogP) is 3.89. The maximum absolute atomic E-state index is 13.3. The van der Waals surface area contributed by atoms with Crippen molar-refractivity contribution in [3.63, 3.8) is 0 Å². The lowest BCUT2D eigenvalue weighted by Gasteiger charge is -2.35. The average Bonchev–Trinajstić information content (AvgIpc) is 2.82. The Morgan fingerprint density at radius 1 is 1.50 bits per heavy atom. The molecular weight excluding hydrogens is 253 g/mol. The van der Waals surface area contributed by atoms with Crippen molar-refractivity contribution < 1.29 is 4.39 Å². The van der Waals surface area contributed by atoms with Gasteiger partial charge < -0.3 is 4.98 Å². The topological polar surface area (TPSA) is 31.9 Å². The van der Waals surface area contributed by atoms with Crippen molar-refractivity contribution in [2.75, 3.05) is 13.1 Å². The number of aromatic nitrogens is 2. The molecule has 1 aromatic carbocycles. The van der Waals surface area contributed by atoms with E-state index in [4.69, 9.17) is 0 Å². The molecule has 1 aliphatic rings. The van der Waals surface area contributed by atoms with Crippen molar-refractivity contribution in [3.8, 4) is 0 Å². The molecule has 1 N–H and O–H groups in total. The van der Waals surface area contributed by atoms with Crippen LogP contribution in [-0.2, 0) is 0 Å². The van der Waals surface area contributed by atoms with E-state index < -0.39 is 0 Å². The number of imidazole rings is 1. The van der Waals surface area contributed by atoms with Crippen LogP contribution in [-0.4, -0.2) is 28.0 Å². The molecule has 108 valence electrons. The van der Waals surface area contributed by atoms with Crippen LogP contribution in [0, 0.1) is 11.7 Å². The zero-order chi connectivity index (χ0) is 14.1. The minimum absolute atomic E-state index is 0.215. The van der Waals surface area contributed by atoms with Crippen molar-refractivity contribution in [3.05, 3.63) is 29.8 Å². The van der Waals surface area contributed by atoms with Crippen molar-refractivity contribution in [1.29, 1.82) is 0 Å². The van der Waals surface area contributed by atoms with E-state index in [-0.39, 0.29) is 5.82 Å². The van der Waals surface area contributed by atoms with E-state index in [9.17, 15) is 4.39 Å². The van der Waals surface area contributed by atoms with Crippen molar-refractivity contribution in [2.45, 2.75) is 39.2 Å². The summed E-state index contributed by atoms with van der Waals surface area (Å²) in [6.45, 7) is 6.77. The van der Waals surface area contributed by atoms with Gasteiger partial charge in [-0.25, -0.2) is 9.37 Å². The van der Waals surface area contributed by atoms with Gasteiger partial charge in [-0.2, -0.15) is 0 Å². The summed E-state index contributed by atoms with van der Waals surface area (Å²) in [7, 11) is 0. The fourth-order valence-electron chi connectivity index (χ4n) is 3.29. The first-order chi connectivity index (χ1) is 9.67. The summed E-state index contributed by atoms with van der Waals surface area (Å²) in [4.78, 5) is 10.5. The predicted molar refractivity (Wildman–Crippen MR) is 79.1 cm³/mol. The van der Waals surface area contributed by atoms with Crippen LogP contribution in [0.25, 0.3) is 11.0 Å². The fraction of sp³-hybridized carbons (Fsp3) is 0.562. The van der Waals surface area contributed by atoms with Gasteiger partial charge in [-0.15, -0.1) is 0 Å². The van der Waals surface area contributed by atoms with E-state index in [1.165, 1.54) is 25.0 Å². The Bertz CT molecular complexity index is 592. The third kappa shape index (κ3) is 2.57. The molecule has 2 unspecified atom stereocenters. The molecule has 0 spiro atoms. The smallest absolute Gasteiger partial charge is 0.125 e. The van der Waals surface area contributed by atoms with Gasteiger partial charge in [-0.05, 0) is 49.9 Å². The molecule has 0 saturated carbocycles. The van der Waals surface area contributed by atoms with Crippen LogP contribution >= 0.6 is 0 Å². The second-order valence-electron chi connectivity index (χ2n) is 5.95. The molecule has 2 aromatic rings. The zero-order valence-electron chi connectivity index (χ0n) is 12.2.